The van der Waals surface area contributed by atoms with Crippen LogP contribution in [0.4, 0.5) is 0 Å². The molecule has 4 aliphatic carbocycles. The van der Waals surface area contributed by atoms with Gasteiger partial charge in [0.1, 0.15) is 12.2 Å². The molecule has 0 saturated heterocycles. The summed E-state index contributed by atoms with van der Waals surface area (Å²) in [4.78, 5) is 12.6. The molecule has 6 rings (SSSR count). The van der Waals surface area contributed by atoms with Gasteiger partial charge in [0.25, 0.3) is 0 Å². The van der Waals surface area contributed by atoms with E-state index in [2.05, 4.69) is 15.6 Å². The van der Waals surface area contributed by atoms with E-state index in [1.807, 2.05) is 23.0 Å². The number of hydrogen-bond donors (Lipinski definition) is 1. The van der Waals surface area contributed by atoms with Gasteiger partial charge in [0.15, 0.2) is 0 Å². The van der Waals surface area contributed by atoms with Crippen LogP contribution in [0.2, 0.25) is 0 Å². The Balaban J connectivity index is 1.26. The van der Waals surface area contributed by atoms with E-state index < -0.39 is 0 Å². The molecule has 2 aromatic heterocycles. The number of carbonyl (C=O) groups excluding carboxylic acids is 1. The third-order valence-corrected chi connectivity index (χ3v) is 6.79. The summed E-state index contributed by atoms with van der Waals surface area (Å²) in [7, 11) is 0. The van der Waals surface area contributed by atoms with E-state index >= 15 is 0 Å². The van der Waals surface area contributed by atoms with Gasteiger partial charge in [0, 0.05) is 16.5 Å². The molecule has 4 bridgehead atoms. The monoisotopic (exact) mass is 342 g/mol. The van der Waals surface area contributed by atoms with Crippen LogP contribution in [0.5, 0.6) is 0 Å². The SMILES string of the molecule is O=C(Cn1cc(-c2ccsc2)nn1)NC12CC3CC(CC(C3)C1)C2. The summed E-state index contributed by atoms with van der Waals surface area (Å²) in [6.07, 6.45) is 9.58. The highest BCUT2D eigenvalue weighted by molar-refractivity contribution is 7.08. The molecule has 0 aliphatic heterocycles. The molecule has 0 spiro atoms. The van der Waals surface area contributed by atoms with Gasteiger partial charge < -0.3 is 5.32 Å². The molecule has 2 aromatic rings. The third-order valence-electron chi connectivity index (χ3n) is 6.10. The van der Waals surface area contributed by atoms with Crippen molar-refractivity contribution in [1.29, 1.82) is 0 Å². The Kier molecular flexibility index (Phi) is 3.30. The number of aromatic nitrogens is 3. The number of amides is 1. The second-order valence-electron chi connectivity index (χ2n) is 8.06. The van der Waals surface area contributed by atoms with Gasteiger partial charge in [0.2, 0.25) is 5.91 Å². The minimum absolute atomic E-state index is 0.0720. The fourth-order valence-corrected chi connectivity index (χ4v) is 6.31. The Morgan fingerprint density at radius 2 is 1.96 bits per heavy atom. The van der Waals surface area contributed by atoms with E-state index in [1.54, 1.807) is 16.0 Å². The van der Waals surface area contributed by atoms with Gasteiger partial charge in [-0.15, -0.1) is 5.10 Å². The molecule has 126 valence electrons. The lowest BCUT2D eigenvalue weighted by molar-refractivity contribution is -0.127. The molecule has 24 heavy (non-hydrogen) atoms. The average Bonchev–Trinajstić information content (AvgIpc) is 3.15. The summed E-state index contributed by atoms with van der Waals surface area (Å²) in [6, 6.07) is 2.02. The van der Waals surface area contributed by atoms with Crippen molar-refractivity contribution in [3.8, 4) is 11.3 Å². The zero-order valence-electron chi connectivity index (χ0n) is 13.6. The van der Waals surface area contributed by atoms with Crippen LogP contribution in [0, 0.1) is 17.8 Å². The molecule has 1 amide bonds. The van der Waals surface area contributed by atoms with Gasteiger partial charge in [-0.25, -0.2) is 4.68 Å². The molecular weight excluding hydrogens is 320 g/mol. The second-order valence-corrected chi connectivity index (χ2v) is 8.84. The van der Waals surface area contributed by atoms with Crippen molar-refractivity contribution >= 4 is 17.2 Å². The van der Waals surface area contributed by atoms with Crippen LogP contribution in [0.15, 0.2) is 23.0 Å². The Morgan fingerprint density at radius 3 is 2.58 bits per heavy atom. The van der Waals surface area contributed by atoms with Crippen molar-refractivity contribution in [3.63, 3.8) is 0 Å². The van der Waals surface area contributed by atoms with Gasteiger partial charge in [-0.1, -0.05) is 5.21 Å². The zero-order chi connectivity index (χ0) is 16.1. The van der Waals surface area contributed by atoms with Crippen LogP contribution in [-0.4, -0.2) is 26.4 Å². The maximum atomic E-state index is 12.6. The van der Waals surface area contributed by atoms with E-state index in [4.69, 9.17) is 0 Å². The summed E-state index contributed by atoms with van der Waals surface area (Å²) >= 11 is 1.64. The maximum Gasteiger partial charge on any atom is 0.242 e. The normalized spacial score (nSPS) is 33.8. The molecular formula is C18H22N4OS. The Morgan fingerprint density at radius 1 is 1.25 bits per heavy atom. The molecule has 0 unspecified atom stereocenters. The first kappa shape index (κ1) is 14.6. The molecule has 0 aromatic carbocycles. The molecule has 0 radical (unpaired) electrons. The minimum atomic E-state index is 0.0720. The largest absolute Gasteiger partial charge is 0.349 e. The Labute approximate surface area is 145 Å². The van der Waals surface area contributed by atoms with E-state index in [9.17, 15) is 4.79 Å². The summed E-state index contributed by atoms with van der Waals surface area (Å²) in [5, 5.41) is 15.8. The number of nitrogens with zero attached hydrogens (tertiary/aromatic N) is 3. The van der Waals surface area contributed by atoms with E-state index in [-0.39, 0.29) is 18.0 Å². The Hall–Kier alpha value is -1.69. The highest BCUT2D eigenvalue weighted by atomic mass is 32.1. The molecule has 0 atom stereocenters. The fraction of sp³-hybridized carbons (Fsp3) is 0.611. The van der Waals surface area contributed by atoms with Crippen molar-refractivity contribution < 1.29 is 4.79 Å². The summed E-state index contributed by atoms with van der Waals surface area (Å²) in [6.45, 7) is 0.263. The molecule has 4 fully saturated rings. The lowest BCUT2D eigenvalue weighted by Gasteiger charge is -2.56. The predicted molar refractivity (Wildman–Crippen MR) is 92.4 cm³/mol. The molecule has 4 aliphatic rings. The van der Waals surface area contributed by atoms with Gasteiger partial charge in [0.05, 0.1) is 6.20 Å². The van der Waals surface area contributed by atoms with Crippen LogP contribution in [-0.2, 0) is 11.3 Å². The number of hydrogen-bond acceptors (Lipinski definition) is 4. The smallest absolute Gasteiger partial charge is 0.242 e. The van der Waals surface area contributed by atoms with Gasteiger partial charge in [-0.05, 0) is 67.7 Å². The van der Waals surface area contributed by atoms with Crippen LogP contribution in [0.1, 0.15) is 38.5 Å². The number of rotatable bonds is 4. The average molecular weight is 342 g/mol. The lowest BCUT2D eigenvalue weighted by atomic mass is 9.53. The van der Waals surface area contributed by atoms with Crippen molar-refractivity contribution in [2.24, 2.45) is 17.8 Å². The number of nitrogens with one attached hydrogen (secondary N) is 1. The van der Waals surface area contributed by atoms with Crippen molar-refractivity contribution in [3.05, 3.63) is 23.0 Å². The molecule has 4 saturated carbocycles. The summed E-state index contributed by atoms with van der Waals surface area (Å²) in [5.41, 5.74) is 1.97. The Bertz CT molecular complexity index is 716. The summed E-state index contributed by atoms with van der Waals surface area (Å²) < 4.78 is 1.66. The zero-order valence-corrected chi connectivity index (χ0v) is 14.5. The standard InChI is InChI=1S/C18H22N4OS/c23-17(10-22-9-16(20-21-22)15-1-2-24-11-15)19-18-6-12-3-13(7-18)5-14(4-12)8-18/h1-2,9,11-14H,3-8,10H2,(H,19,23). The number of carbonyl (C=O) groups is 1. The number of thiophene rings is 1. The van der Waals surface area contributed by atoms with Crippen molar-refractivity contribution in [1.82, 2.24) is 20.3 Å². The quantitative estimate of drug-likeness (QED) is 0.929. The van der Waals surface area contributed by atoms with Crippen LogP contribution >= 0.6 is 11.3 Å². The first-order valence-corrected chi connectivity index (χ1v) is 9.85. The highest BCUT2D eigenvalue weighted by Gasteiger charge is 2.51. The lowest BCUT2D eigenvalue weighted by Crippen LogP contribution is -2.60. The molecule has 5 nitrogen and oxygen atoms in total. The van der Waals surface area contributed by atoms with Crippen LogP contribution in [0.25, 0.3) is 11.3 Å². The minimum Gasteiger partial charge on any atom is -0.349 e. The first-order valence-electron chi connectivity index (χ1n) is 8.91. The maximum absolute atomic E-state index is 12.6. The predicted octanol–water partition coefficient (Wildman–Crippen LogP) is 3.09. The van der Waals surface area contributed by atoms with Gasteiger partial charge in [-0.3, -0.25) is 4.79 Å². The second kappa shape index (κ2) is 5.41. The molecule has 2 heterocycles. The topological polar surface area (TPSA) is 59.8 Å². The van der Waals surface area contributed by atoms with Crippen molar-refractivity contribution in [2.45, 2.75) is 50.6 Å². The summed E-state index contributed by atoms with van der Waals surface area (Å²) in [5.74, 6) is 2.60. The van der Waals surface area contributed by atoms with Crippen LogP contribution < -0.4 is 5.32 Å². The molecule has 6 heteroatoms. The molecule has 1 N–H and O–H groups in total. The van der Waals surface area contributed by atoms with E-state index in [1.165, 1.54) is 38.5 Å². The van der Waals surface area contributed by atoms with Crippen molar-refractivity contribution in [2.75, 3.05) is 0 Å². The van der Waals surface area contributed by atoms with Crippen LogP contribution in [0.3, 0.4) is 0 Å². The van der Waals surface area contributed by atoms with Gasteiger partial charge in [-0.2, -0.15) is 11.3 Å². The fourth-order valence-electron chi connectivity index (χ4n) is 5.66. The van der Waals surface area contributed by atoms with E-state index in [0.29, 0.717) is 0 Å². The third kappa shape index (κ3) is 2.57. The highest BCUT2D eigenvalue weighted by Crippen LogP contribution is 2.55. The first-order chi connectivity index (χ1) is 11.7. The van der Waals surface area contributed by atoms with E-state index in [0.717, 1.165) is 29.0 Å². The van der Waals surface area contributed by atoms with Gasteiger partial charge >= 0.3 is 0 Å².